The second kappa shape index (κ2) is 7.07. The summed E-state index contributed by atoms with van der Waals surface area (Å²) in [4.78, 5) is 9.02. The molecule has 0 amide bonds. The van der Waals surface area contributed by atoms with E-state index in [2.05, 4.69) is 58.7 Å². The van der Waals surface area contributed by atoms with Gasteiger partial charge in [0.2, 0.25) is 0 Å². The Hall–Kier alpha value is -0.650. The Morgan fingerprint density at radius 2 is 2.11 bits per heavy atom. The van der Waals surface area contributed by atoms with Crippen molar-refractivity contribution in [2.24, 2.45) is 5.73 Å². The Labute approximate surface area is 118 Å². The van der Waals surface area contributed by atoms with Gasteiger partial charge in [-0.3, -0.25) is 0 Å². The zero-order valence-electron chi connectivity index (χ0n) is 11.7. The van der Waals surface area contributed by atoms with Crippen LogP contribution in [0.15, 0.2) is 16.7 Å². The topological polar surface area (TPSA) is 45.4 Å². The minimum absolute atomic E-state index is 0.406. The largest absolute Gasteiger partial charge is 0.353 e. The van der Waals surface area contributed by atoms with Gasteiger partial charge < -0.3 is 15.5 Å². The molecule has 0 aliphatic rings. The van der Waals surface area contributed by atoms with E-state index in [-0.39, 0.29) is 0 Å². The Bertz CT molecular complexity index is 381. The highest BCUT2D eigenvalue weighted by Gasteiger charge is 2.17. The predicted octanol–water partition coefficient (Wildman–Crippen LogP) is 2.08. The van der Waals surface area contributed by atoms with Gasteiger partial charge in [-0.15, -0.1) is 0 Å². The highest BCUT2D eigenvalue weighted by molar-refractivity contribution is 9.10. The van der Waals surface area contributed by atoms with Gasteiger partial charge in [-0.1, -0.05) is 0 Å². The van der Waals surface area contributed by atoms with E-state index in [1.54, 1.807) is 0 Å². The molecule has 2 N–H and O–H groups in total. The summed E-state index contributed by atoms with van der Waals surface area (Å²) in [6, 6.07) is 2.46. The zero-order valence-corrected chi connectivity index (χ0v) is 13.2. The number of nitrogens with two attached hydrogens (primary N) is 1. The standard InChI is InChI=1S/C13H23BrN4/c1-5-18(10(2)9-17(3)4)13-11(7-15)6-12(14)8-16-13/h6,8,10H,5,7,9,15H2,1-4H3. The van der Waals surface area contributed by atoms with Crippen molar-refractivity contribution in [3.8, 4) is 0 Å². The molecule has 4 nitrogen and oxygen atoms in total. The lowest BCUT2D eigenvalue weighted by Crippen LogP contribution is -2.41. The maximum absolute atomic E-state index is 5.82. The minimum atomic E-state index is 0.406. The van der Waals surface area contributed by atoms with Crippen LogP contribution < -0.4 is 10.6 Å². The van der Waals surface area contributed by atoms with Crippen LogP contribution in [0.2, 0.25) is 0 Å². The van der Waals surface area contributed by atoms with Crippen molar-refractivity contribution in [3.05, 3.63) is 22.3 Å². The number of halogens is 1. The molecule has 1 heterocycles. The van der Waals surface area contributed by atoms with E-state index in [1.807, 2.05) is 12.3 Å². The summed E-state index contributed by atoms with van der Waals surface area (Å²) in [5.41, 5.74) is 6.90. The lowest BCUT2D eigenvalue weighted by molar-refractivity contribution is 0.372. The van der Waals surface area contributed by atoms with E-state index in [4.69, 9.17) is 5.73 Å². The van der Waals surface area contributed by atoms with Gasteiger partial charge in [-0.2, -0.15) is 0 Å². The molecule has 1 unspecified atom stereocenters. The fourth-order valence-electron chi connectivity index (χ4n) is 2.18. The quantitative estimate of drug-likeness (QED) is 0.873. The van der Waals surface area contributed by atoms with Crippen molar-refractivity contribution in [1.82, 2.24) is 9.88 Å². The van der Waals surface area contributed by atoms with E-state index in [0.717, 1.165) is 28.9 Å². The molecule has 1 rings (SSSR count). The Kier molecular flexibility index (Phi) is 6.05. The van der Waals surface area contributed by atoms with Crippen molar-refractivity contribution in [3.63, 3.8) is 0 Å². The van der Waals surface area contributed by atoms with Gasteiger partial charge in [0, 0.05) is 41.9 Å². The number of rotatable bonds is 6. The number of pyridine rings is 1. The summed E-state index contributed by atoms with van der Waals surface area (Å²) < 4.78 is 0.975. The molecule has 18 heavy (non-hydrogen) atoms. The van der Waals surface area contributed by atoms with Crippen molar-refractivity contribution >= 4 is 21.7 Å². The molecule has 0 spiro atoms. The van der Waals surface area contributed by atoms with Gasteiger partial charge in [-0.25, -0.2) is 4.98 Å². The maximum Gasteiger partial charge on any atom is 0.133 e. The normalized spacial score (nSPS) is 12.8. The molecule has 1 aromatic heterocycles. The summed E-state index contributed by atoms with van der Waals surface area (Å²) in [5.74, 6) is 0.998. The van der Waals surface area contributed by atoms with Crippen LogP contribution in [0.4, 0.5) is 5.82 Å². The monoisotopic (exact) mass is 314 g/mol. The molecule has 1 atom stereocenters. The lowest BCUT2D eigenvalue weighted by Gasteiger charge is -2.32. The Morgan fingerprint density at radius 1 is 1.44 bits per heavy atom. The van der Waals surface area contributed by atoms with Crippen LogP contribution in [0, 0.1) is 0 Å². The van der Waals surface area contributed by atoms with Gasteiger partial charge in [-0.05, 0) is 49.9 Å². The molecular weight excluding hydrogens is 292 g/mol. The number of nitrogens with zero attached hydrogens (tertiary/aromatic N) is 3. The van der Waals surface area contributed by atoms with Crippen LogP contribution in [0.1, 0.15) is 19.4 Å². The van der Waals surface area contributed by atoms with E-state index in [9.17, 15) is 0 Å². The Morgan fingerprint density at radius 3 is 2.61 bits per heavy atom. The third kappa shape index (κ3) is 3.93. The van der Waals surface area contributed by atoms with Crippen LogP contribution in [-0.4, -0.2) is 43.1 Å². The van der Waals surface area contributed by atoms with Gasteiger partial charge in [0.1, 0.15) is 5.82 Å². The summed E-state index contributed by atoms with van der Waals surface area (Å²) in [6.45, 7) is 6.79. The molecule has 0 bridgehead atoms. The van der Waals surface area contributed by atoms with Crippen molar-refractivity contribution < 1.29 is 0 Å². The van der Waals surface area contributed by atoms with Gasteiger partial charge in [0.15, 0.2) is 0 Å². The smallest absolute Gasteiger partial charge is 0.133 e. The number of hydrogen-bond donors (Lipinski definition) is 1. The molecule has 1 aromatic rings. The molecule has 0 radical (unpaired) electrons. The maximum atomic E-state index is 5.82. The second-order valence-electron chi connectivity index (χ2n) is 4.74. The molecule has 0 fully saturated rings. The van der Waals surface area contributed by atoms with Crippen LogP contribution in [0.25, 0.3) is 0 Å². The molecule has 0 saturated carbocycles. The third-order valence-corrected chi connectivity index (χ3v) is 3.34. The molecule has 0 aliphatic carbocycles. The predicted molar refractivity (Wildman–Crippen MR) is 80.9 cm³/mol. The lowest BCUT2D eigenvalue weighted by atomic mass is 10.2. The molecule has 0 saturated heterocycles. The van der Waals surface area contributed by atoms with E-state index >= 15 is 0 Å². The summed E-state index contributed by atoms with van der Waals surface area (Å²) in [6.07, 6.45) is 1.83. The first-order valence-electron chi connectivity index (χ1n) is 6.25. The first-order chi connectivity index (χ1) is 8.49. The highest BCUT2D eigenvalue weighted by Crippen LogP contribution is 2.23. The van der Waals surface area contributed by atoms with Crippen molar-refractivity contribution in [2.45, 2.75) is 26.4 Å². The molecule has 0 aromatic carbocycles. The van der Waals surface area contributed by atoms with E-state index < -0.39 is 0 Å². The number of anilines is 1. The van der Waals surface area contributed by atoms with Gasteiger partial charge in [0.05, 0.1) is 0 Å². The van der Waals surface area contributed by atoms with Crippen molar-refractivity contribution in [2.75, 3.05) is 32.1 Å². The third-order valence-electron chi connectivity index (χ3n) is 2.90. The average molecular weight is 315 g/mol. The van der Waals surface area contributed by atoms with Gasteiger partial charge >= 0.3 is 0 Å². The van der Waals surface area contributed by atoms with Gasteiger partial charge in [0.25, 0.3) is 0 Å². The fourth-order valence-corrected chi connectivity index (χ4v) is 2.56. The summed E-state index contributed by atoms with van der Waals surface area (Å²) in [7, 11) is 4.17. The van der Waals surface area contributed by atoms with Crippen LogP contribution in [0.5, 0.6) is 0 Å². The first kappa shape index (κ1) is 15.4. The number of likely N-dealkylation sites (N-methyl/N-ethyl adjacent to an activating group) is 2. The van der Waals surface area contributed by atoms with Crippen molar-refractivity contribution in [1.29, 1.82) is 0 Å². The SMILES string of the molecule is CCN(c1ncc(Br)cc1CN)C(C)CN(C)C. The summed E-state index contributed by atoms with van der Waals surface area (Å²) in [5, 5.41) is 0. The highest BCUT2D eigenvalue weighted by atomic mass is 79.9. The average Bonchev–Trinajstić information content (AvgIpc) is 2.30. The van der Waals surface area contributed by atoms with E-state index in [1.165, 1.54) is 0 Å². The molecular formula is C13H23BrN4. The second-order valence-corrected chi connectivity index (χ2v) is 5.65. The zero-order chi connectivity index (χ0) is 13.7. The Balaban J connectivity index is 3.00. The molecule has 5 heteroatoms. The fraction of sp³-hybridized carbons (Fsp3) is 0.615. The number of hydrogen-bond acceptors (Lipinski definition) is 4. The van der Waals surface area contributed by atoms with Crippen LogP contribution in [0.3, 0.4) is 0 Å². The molecule has 0 aliphatic heterocycles. The van der Waals surface area contributed by atoms with Crippen LogP contribution in [-0.2, 0) is 6.54 Å². The number of aromatic nitrogens is 1. The molecule has 102 valence electrons. The first-order valence-corrected chi connectivity index (χ1v) is 7.04. The summed E-state index contributed by atoms with van der Waals surface area (Å²) >= 11 is 3.44. The minimum Gasteiger partial charge on any atom is -0.353 e. The van der Waals surface area contributed by atoms with Crippen LogP contribution >= 0.6 is 15.9 Å². The van der Waals surface area contributed by atoms with E-state index in [0.29, 0.717) is 12.6 Å².